The number of carbonyl (C=O) groups is 6. The van der Waals surface area contributed by atoms with Crippen LogP contribution in [0.5, 0.6) is 0 Å². The SMILES string of the molecule is CC(=O)N1CC[C@H]2CC[C@@H](C(=O)N3CC(c4ccccc4)CC34CC4)N2C(=O)[C@@H](NC(=O)c2ccc3ccc(C(F)(F)P(=O)(OCCSC(=O)CC(C)C)OCCSC(=O)CC(C)C)cc3c2)C1. The molecule has 1 saturated carbocycles. The number of fused-ring (bicyclic) bond motifs is 2. The van der Waals surface area contributed by atoms with E-state index in [2.05, 4.69) is 17.4 Å². The van der Waals surface area contributed by atoms with E-state index in [1.807, 2.05) is 50.8 Å². The second-order valence-corrected chi connectivity index (χ2v) is 23.8. The Balaban J connectivity index is 1.09. The molecule has 68 heavy (non-hydrogen) atoms. The monoisotopic (exact) mass is 996 g/mol. The summed E-state index contributed by atoms with van der Waals surface area (Å²) in [5, 5.41) is 3.19. The number of hydrogen-bond donors (Lipinski definition) is 1. The summed E-state index contributed by atoms with van der Waals surface area (Å²) in [6.07, 6.45) is 4.77. The minimum atomic E-state index is -5.29. The lowest BCUT2D eigenvalue weighted by Crippen LogP contribution is -2.61. The van der Waals surface area contributed by atoms with Gasteiger partial charge >= 0.3 is 13.3 Å². The number of nitrogens with one attached hydrogen (secondary N) is 1. The molecule has 1 aliphatic carbocycles. The van der Waals surface area contributed by atoms with Gasteiger partial charge in [0.15, 0.2) is 10.2 Å². The quantitative estimate of drug-likeness (QED) is 0.0958. The average molecular weight is 997 g/mol. The third-order valence-electron chi connectivity index (χ3n) is 13.4. The highest BCUT2D eigenvalue weighted by atomic mass is 32.2. The van der Waals surface area contributed by atoms with Gasteiger partial charge in [-0.3, -0.25) is 33.3 Å². The highest BCUT2D eigenvalue weighted by Crippen LogP contribution is 2.67. The number of thioether (sulfide) groups is 2. The Hall–Kier alpha value is -4.15. The largest absolute Gasteiger partial charge is 0.404 e. The lowest BCUT2D eigenvalue weighted by atomic mass is 9.96. The highest BCUT2D eigenvalue weighted by Gasteiger charge is 2.59. The van der Waals surface area contributed by atoms with Crippen LogP contribution < -0.4 is 5.32 Å². The van der Waals surface area contributed by atoms with Gasteiger partial charge in [-0.2, -0.15) is 8.78 Å². The Morgan fingerprint density at radius 1 is 0.838 bits per heavy atom. The molecule has 3 saturated heterocycles. The Bertz CT molecular complexity index is 2390. The van der Waals surface area contributed by atoms with E-state index in [1.165, 1.54) is 35.6 Å². The molecule has 368 valence electrons. The predicted octanol–water partition coefficient (Wildman–Crippen LogP) is 8.99. The summed E-state index contributed by atoms with van der Waals surface area (Å²) in [5.74, 6) is -1.20. The zero-order valence-electron chi connectivity index (χ0n) is 39.5. The molecule has 3 aromatic carbocycles. The summed E-state index contributed by atoms with van der Waals surface area (Å²) in [6, 6.07) is 16.0. The van der Waals surface area contributed by atoms with Crippen LogP contribution >= 0.6 is 31.1 Å². The molecule has 3 aromatic rings. The van der Waals surface area contributed by atoms with Gasteiger partial charge in [0.25, 0.3) is 5.91 Å². The summed E-state index contributed by atoms with van der Waals surface area (Å²) in [7, 11) is -5.29. The number of hydrogen-bond acceptors (Lipinski definition) is 11. The summed E-state index contributed by atoms with van der Waals surface area (Å²) in [6.45, 7) is 8.75. The molecule has 4 fully saturated rings. The number of amides is 4. The Kier molecular flexibility index (Phi) is 16.6. The van der Waals surface area contributed by atoms with Crippen molar-refractivity contribution in [2.45, 2.75) is 121 Å². The molecule has 0 radical (unpaired) electrons. The molecule has 1 unspecified atom stereocenters. The number of nitrogens with zero attached hydrogens (tertiary/aromatic N) is 3. The van der Waals surface area contributed by atoms with E-state index in [-0.39, 0.29) is 93.2 Å². The fourth-order valence-corrected chi connectivity index (χ4v) is 13.2. The van der Waals surface area contributed by atoms with Gasteiger partial charge in [-0.05, 0) is 84.9 Å². The van der Waals surface area contributed by atoms with Crippen molar-refractivity contribution in [2.75, 3.05) is 44.4 Å². The van der Waals surface area contributed by atoms with Crippen molar-refractivity contribution in [1.29, 1.82) is 0 Å². The molecule has 1 N–H and O–H groups in total. The lowest BCUT2D eigenvalue weighted by Gasteiger charge is -2.40. The minimum absolute atomic E-state index is 0.0364. The Morgan fingerprint density at radius 2 is 1.47 bits per heavy atom. The fourth-order valence-electron chi connectivity index (χ4n) is 9.71. The van der Waals surface area contributed by atoms with E-state index in [9.17, 15) is 33.3 Å². The van der Waals surface area contributed by atoms with Crippen molar-refractivity contribution in [3.8, 4) is 0 Å². The van der Waals surface area contributed by atoms with E-state index in [0.29, 0.717) is 37.7 Å². The maximum absolute atomic E-state index is 16.6. The number of alkyl halides is 2. The van der Waals surface area contributed by atoms with Crippen LogP contribution in [0.1, 0.15) is 113 Å². The van der Waals surface area contributed by atoms with Crippen molar-refractivity contribution in [3.63, 3.8) is 0 Å². The van der Waals surface area contributed by atoms with E-state index in [1.54, 1.807) is 11.0 Å². The first-order valence-electron chi connectivity index (χ1n) is 23.7. The van der Waals surface area contributed by atoms with Gasteiger partial charge < -0.3 is 29.1 Å². The second-order valence-electron chi connectivity index (χ2n) is 19.4. The number of likely N-dealkylation sites (tertiary alicyclic amines) is 1. The van der Waals surface area contributed by atoms with E-state index < -0.39 is 55.9 Å². The van der Waals surface area contributed by atoms with Gasteiger partial charge in [-0.25, -0.2) is 0 Å². The van der Waals surface area contributed by atoms with Gasteiger partial charge in [0.2, 0.25) is 17.7 Å². The maximum Gasteiger partial charge on any atom is 0.404 e. The van der Waals surface area contributed by atoms with Crippen LogP contribution in [0.25, 0.3) is 10.8 Å². The Morgan fingerprint density at radius 3 is 2.07 bits per heavy atom. The van der Waals surface area contributed by atoms with Gasteiger partial charge in [-0.15, -0.1) is 0 Å². The topological polar surface area (TPSA) is 160 Å². The molecule has 4 aliphatic rings. The van der Waals surface area contributed by atoms with Crippen molar-refractivity contribution in [2.24, 2.45) is 11.8 Å². The van der Waals surface area contributed by atoms with Crippen molar-refractivity contribution >= 4 is 75.8 Å². The van der Waals surface area contributed by atoms with Crippen molar-refractivity contribution in [1.82, 2.24) is 20.0 Å². The molecule has 7 rings (SSSR count). The number of carbonyl (C=O) groups excluding carboxylic acids is 6. The molecule has 18 heteroatoms. The first kappa shape index (κ1) is 51.7. The van der Waals surface area contributed by atoms with Gasteiger partial charge in [0, 0.05) is 79.5 Å². The summed E-state index contributed by atoms with van der Waals surface area (Å²) in [5.41, 5.74) is -3.91. The van der Waals surface area contributed by atoms with Crippen LogP contribution in [0.4, 0.5) is 8.78 Å². The van der Waals surface area contributed by atoms with Crippen LogP contribution in [0, 0.1) is 11.8 Å². The second kappa shape index (κ2) is 21.9. The van der Waals surface area contributed by atoms with E-state index in [0.717, 1.165) is 54.9 Å². The van der Waals surface area contributed by atoms with Gasteiger partial charge in [-0.1, -0.05) is 99.7 Å². The molecule has 4 atom stereocenters. The fraction of sp³-hybridized carbons (Fsp3) is 0.560. The van der Waals surface area contributed by atoms with Gasteiger partial charge in [0.05, 0.1) is 13.2 Å². The predicted molar refractivity (Wildman–Crippen MR) is 260 cm³/mol. The van der Waals surface area contributed by atoms with Crippen LogP contribution in [0.2, 0.25) is 0 Å². The molecule has 0 bridgehead atoms. The smallest absolute Gasteiger partial charge is 0.340 e. The maximum atomic E-state index is 16.6. The molecular formula is C50H63F2N4O9PS2. The average Bonchev–Trinajstić information content (AvgIpc) is 3.78. The van der Waals surface area contributed by atoms with Crippen LogP contribution in [0.3, 0.4) is 0 Å². The highest BCUT2D eigenvalue weighted by molar-refractivity contribution is 8.13. The summed E-state index contributed by atoms with van der Waals surface area (Å²) >= 11 is 1.78. The zero-order valence-corrected chi connectivity index (χ0v) is 42.0. The van der Waals surface area contributed by atoms with Crippen molar-refractivity contribution < 1.29 is 51.2 Å². The summed E-state index contributed by atoms with van der Waals surface area (Å²) in [4.78, 5) is 86.1. The van der Waals surface area contributed by atoms with Gasteiger partial charge in [0.1, 0.15) is 12.1 Å². The normalized spacial score (nSPS) is 21.6. The van der Waals surface area contributed by atoms with E-state index >= 15 is 8.78 Å². The molecule has 1 spiro atoms. The molecular weight excluding hydrogens is 934 g/mol. The molecule has 3 heterocycles. The lowest BCUT2D eigenvalue weighted by molar-refractivity contribution is -0.149. The molecule has 3 aliphatic heterocycles. The standard InChI is InChI=1S/C50H63F2N4O9PS2/c1-32(2)25-44(58)67-23-21-64-66(63,65-22-24-68-45(59)26-33(3)4)50(51,52)40-14-13-36-11-12-37(27-38(36)28-40)46(60)53-42-31-54(34(5)57)20-17-41-15-16-43(56(41)47(42)61)48(62)55-30-39(29-49(55)18-19-49)35-9-7-6-8-10-35/h6-14,27-28,32-33,39,41-43H,15-26,29-31H2,1-5H3,(H,53,60)/t39?,41-,42+,43+/m1/s1. The van der Waals surface area contributed by atoms with Crippen LogP contribution in [-0.4, -0.2) is 117 Å². The first-order valence-corrected chi connectivity index (χ1v) is 27.2. The zero-order chi connectivity index (χ0) is 49.0. The molecule has 4 amide bonds. The van der Waals surface area contributed by atoms with Crippen LogP contribution in [-0.2, 0) is 43.2 Å². The van der Waals surface area contributed by atoms with Crippen molar-refractivity contribution in [3.05, 3.63) is 83.4 Å². The molecule has 0 aromatic heterocycles. The summed E-state index contributed by atoms with van der Waals surface area (Å²) < 4.78 is 58.2. The number of benzene rings is 3. The number of rotatable bonds is 18. The Labute approximate surface area is 406 Å². The number of halogens is 2. The first-order chi connectivity index (χ1) is 32.3. The third-order valence-corrected chi connectivity index (χ3v) is 17.1. The molecule has 13 nitrogen and oxygen atoms in total. The van der Waals surface area contributed by atoms with Crippen LogP contribution in [0.15, 0.2) is 66.7 Å². The third kappa shape index (κ3) is 11.9. The van der Waals surface area contributed by atoms with E-state index in [4.69, 9.17) is 9.05 Å². The minimum Gasteiger partial charge on any atom is -0.340 e.